The molecule has 1 aliphatic rings. The summed E-state index contributed by atoms with van der Waals surface area (Å²) in [5, 5.41) is 8.88. The maximum Gasteiger partial charge on any atom is 0.242 e. The average Bonchev–Trinajstić information content (AvgIpc) is 2.82. The Kier molecular flexibility index (Phi) is 5.40. The van der Waals surface area contributed by atoms with Crippen LogP contribution < -0.4 is 5.73 Å². The van der Waals surface area contributed by atoms with Gasteiger partial charge in [-0.25, -0.2) is 0 Å². The fourth-order valence-corrected chi connectivity index (χ4v) is 2.57. The predicted molar refractivity (Wildman–Crippen MR) is 68.6 cm³/mol. The Labute approximate surface area is 104 Å². The van der Waals surface area contributed by atoms with Gasteiger partial charge in [0.2, 0.25) is 5.91 Å². The topological polar surface area (TPSA) is 66.6 Å². The lowest BCUT2D eigenvalue weighted by atomic mass is 9.92. The van der Waals surface area contributed by atoms with Gasteiger partial charge in [0.25, 0.3) is 0 Å². The summed E-state index contributed by atoms with van der Waals surface area (Å²) in [6.07, 6.45) is 5.15. The minimum absolute atomic E-state index is 0.0999. The summed E-state index contributed by atoms with van der Waals surface area (Å²) < 4.78 is 0. The van der Waals surface area contributed by atoms with Crippen LogP contribution in [0.15, 0.2) is 0 Å². The third kappa shape index (κ3) is 3.19. The van der Waals surface area contributed by atoms with E-state index < -0.39 is 5.54 Å². The van der Waals surface area contributed by atoms with Crippen LogP contribution in [0.25, 0.3) is 0 Å². The molecule has 0 aromatic heterocycles. The van der Waals surface area contributed by atoms with Crippen LogP contribution in [-0.2, 0) is 4.79 Å². The van der Waals surface area contributed by atoms with Crippen LogP contribution in [0, 0.1) is 0 Å². The van der Waals surface area contributed by atoms with Crippen molar-refractivity contribution in [2.45, 2.75) is 64.0 Å². The molecule has 100 valence electrons. The molecule has 1 atom stereocenters. The molecule has 1 heterocycles. The first-order valence-corrected chi connectivity index (χ1v) is 6.79. The number of aliphatic hydroxyl groups is 1. The zero-order valence-corrected chi connectivity index (χ0v) is 11.1. The largest absolute Gasteiger partial charge is 0.396 e. The van der Waals surface area contributed by atoms with E-state index in [1.807, 2.05) is 18.7 Å². The van der Waals surface area contributed by atoms with E-state index in [1.54, 1.807) is 0 Å². The molecule has 1 rings (SSSR count). The number of nitrogens with zero attached hydrogens (tertiary/aromatic N) is 1. The van der Waals surface area contributed by atoms with E-state index in [-0.39, 0.29) is 18.6 Å². The summed E-state index contributed by atoms with van der Waals surface area (Å²) >= 11 is 0. The van der Waals surface area contributed by atoms with Gasteiger partial charge in [0.05, 0.1) is 5.54 Å². The number of rotatable bonds is 6. The van der Waals surface area contributed by atoms with Crippen molar-refractivity contribution in [3.63, 3.8) is 0 Å². The van der Waals surface area contributed by atoms with Crippen LogP contribution in [-0.4, -0.2) is 40.6 Å². The fraction of sp³-hybridized carbons (Fsp3) is 0.923. The lowest BCUT2D eigenvalue weighted by Gasteiger charge is -2.34. The molecule has 1 saturated heterocycles. The molecule has 0 bridgehead atoms. The molecular formula is C13H26N2O2. The maximum absolute atomic E-state index is 12.4. The highest BCUT2D eigenvalue weighted by Crippen LogP contribution is 2.26. The molecule has 4 heteroatoms. The second-order valence-electron chi connectivity index (χ2n) is 5.02. The SMILES string of the molecule is CCC(N)(CC)C(=O)N1CCCC1CCCO. The summed E-state index contributed by atoms with van der Waals surface area (Å²) in [5.74, 6) is 0.0999. The molecule has 1 fully saturated rings. The first-order chi connectivity index (χ1) is 8.09. The zero-order chi connectivity index (χ0) is 12.9. The molecule has 0 aromatic carbocycles. The molecule has 3 N–H and O–H groups in total. The van der Waals surface area contributed by atoms with Crippen molar-refractivity contribution in [2.24, 2.45) is 5.73 Å². The van der Waals surface area contributed by atoms with Crippen molar-refractivity contribution in [1.82, 2.24) is 4.90 Å². The Morgan fingerprint density at radius 3 is 2.65 bits per heavy atom. The lowest BCUT2D eigenvalue weighted by molar-refractivity contribution is -0.138. The van der Waals surface area contributed by atoms with Crippen molar-refractivity contribution in [1.29, 1.82) is 0 Å². The second-order valence-corrected chi connectivity index (χ2v) is 5.02. The molecule has 17 heavy (non-hydrogen) atoms. The van der Waals surface area contributed by atoms with Crippen molar-refractivity contribution < 1.29 is 9.90 Å². The number of likely N-dealkylation sites (tertiary alicyclic amines) is 1. The Bertz CT molecular complexity index is 252. The molecular weight excluding hydrogens is 216 g/mol. The van der Waals surface area contributed by atoms with E-state index in [1.165, 1.54) is 0 Å². The van der Waals surface area contributed by atoms with Gasteiger partial charge in [-0.15, -0.1) is 0 Å². The number of carbonyl (C=O) groups is 1. The smallest absolute Gasteiger partial charge is 0.242 e. The number of hydrogen-bond donors (Lipinski definition) is 2. The van der Waals surface area contributed by atoms with E-state index in [0.29, 0.717) is 12.8 Å². The van der Waals surface area contributed by atoms with E-state index in [2.05, 4.69) is 0 Å². The normalized spacial score (nSPS) is 20.9. The van der Waals surface area contributed by atoms with Crippen molar-refractivity contribution in [3.8, 4) is 0 Å². The summed E-state index contributed by atoms with van der Waals surface area (Å²) in [6, 6.07) is 0.288. The van der Waals surface area contributed by atoms with Gasteiger partial charge in [0, 0.05) is 19.2 Å². The second kappa shape index (κ2) is 6.36. The van der Waals surface area contributed by atoms with Crippen molar-refractivity contribution in [2.75, 3.05) is 13.2 Å². The van der Waals surface area contributed by atoms with Crippen LogP contribution in [0.3, 0.4) is 0 Å². The van der Waals surface area contributed by atoms with E-state index >= 15 is 0 Å². The molecule has 1 unspecified atom stereocenters. The fourth-order valence-electron chi connectivity index (χ4n) is 2.57. The van der Waals surface area contributed by atoms with Gasteiger partial charge in [-0.2, -0.15) is 0 Å². The van der Waals surface area contributed by atoms with Crippen molar-refractivity contribution >= 4 is 5.91 Å². The van der Waals surface area contributed by atoms with Gasteiger partial charge in [0.15, 0.2) is 0 Å². The minimum Gasteiger partial charge on any atom is -0.396 e. The van der Waals surface area contributed by atoms with Gasteiger partial charge < -0.3 is 15.7 Å². The van der Waals surface area contributed by atoms with Crippen LogP contribution in [0.4, 0.5) is 0 Å². The summed E-state index contributed by atoms with van der Waals surface area (Å²) in [7, 11) is 0. The Balaban J connectivity index is 2.66. The maximum atomic E-state index is 12.4. The molecule has 1 aliphatic heterocycles. The number of carbonyl (C=O) groups excluding carboxylic acids is 1. The van der Waals surface area contributed by atoms with Gasteiger partial charge in [-0.05, 0) is 38.5 Å². The van der Waals surface area contributed by atoms with Crippen LogP contribution in [0.5, 0.6) is 0 Å². The van der Waals surface area contributed by atoms with Crippen LogP contribution in [0.2, 0.25) is 0 Å². The number of aliphatic hydroxyl groups excluding tert-OH is 1. The summed E-state index contributed by atoms with van der Waals surface area (Å²) in [6.45, 7) is 4.97. The minimum atomic E-state index is -0.693. The summed E-state index contributed by atoms with van der Waals surface area (Å²) in [5.41, 5.74) is 5.48. The Morgan fingerprint density at radius 1 is 1.47 bits per heavy atom. The molecule has 0 aromatic rings. The Morgan fingerprint density at radius 2 is 2.12 bits per heavy atom. The highest BCUT2D eigenvalue weighted by molar-refractivity contribution is 5.86. The monoisotopic (exact) mass is 242 g/mol. The van der Waals surface area contributed by atoms with Crippen molar-refractivity contribution in [3.05, 3.63) is 0 Å². The standard InChI is InChI=1S/C13H26N2O2/c1-3-13(14,4-2)12(17)15-9-5-7-11(15)8-6-10-16/h11,16H,3-10,14H2,1-2H3. The van der Waals surface area contributed by atoms with Crippen LogP contribution >= 0.6 is 0 Å². The lowest BCUT2D eigenvalue weighted by Crippen LogP contribution is -2.55. The quantitative estimate of drug-likeness (QED) is 0.737. The van der Waals surface area contributed by atoms with Gasteiger partial charge in [-0.1, -0.05) is 13.8 Å². The third-order valence-electron chi connectivity index (χ3n) is 4.02. The first-order valence-electron chi connectivity index (χ1n) is 6.79. The van der Waals surface area contributed by atoms with Gasteiger partial charge in [-0.3, -0.25) is 4.79 Å². The first kappa shape index (κ1) is 14.5. The van der Waals surface area contributed by atoms with Gasteiger partial charge in [0.1, 0.15) is 0 Å². The molecule has 0 saturated carbocycles. The highest BCUT2D eigenvalue weighted by Gasteiger charge is 2.38. The predicted octanol–water partition coefficient (Wildman–Crippen LogP) is 1.27. The summed E-state index contributed by atoms with van der Waals surface area (Å²) in [4.78, 5) is 14.4. The average molecular weight is 242 g/mol. The molecule has 1 amide bonds. The van der Waals surface area contributed by atoms with E-state index in [9.17, 15) is 4.79 Å². The third-order valence-corrected chi connectivity index (χ3v) is 4.02. The number of hydrogen-bond acceptors (Lipinski definition) is 3. The molecule has 4 nitrogen and oxygen atoms in total. The van der Waals surface area contributed by atoms with Gasteiger partial charge >= 0.3 is 0 Å². The molecule has 0 radical (unpaired) electrons. The number of nitrogens with two attached hydrogens (primary N) is 1. The van der Waals surface area contributed by atoms with E-state index in [4.69, 9.17) is 10.8 Å². The molecule has 0 aliphatic carbocycles. The number of amides is 1. The van der Waals surface area contributed by atoms with Crippen LogP contribution in [0.1, 0.15) is 52.4 Å². The molecule has 0 spiro atoms. The zero-order valence-electron chi connectivity index (χ0n) is 11.1. The van der Waals surface area contributed by atoms with E-state index in [0.717, 1.165) is 32.2 Å². The highest BCUT2D eigenvalue weighted by atomic mass is 16.3. The Hall–Kier alpha value is -0.610.